The highest BCUT2D eigenvalue weighted by atomic mass is 32.2. The number of hydrogen-bond acceptors (Lipinski definition) is 5. The maximum Gasteiger partial charge on any atom is 0.240 e. The number of thiazole rings is 1. The third-order valence-corrected chi connectivity index (χ3v) is 6.26. The number of nitrogens with zero attached hydrogens (tertiary/aromatic N) is 2. The number of rotatable bonds is 6. The summed E-state index contributed by atoms with van der Waals surface area (Å²) < 4.78 is 27.6. The molecule has 0 spiro atoms. The summed E-state index contributed by atoms with van der Waals surface area (Å²) in [5.74, 6) is 0. The second-order valence-corrected chi connectivity index (χ2v) is 8.37. The van der Waals surface area contributed by atoms with E-state index in [4.69, 9.17) is 0 Å². The second-order valence-electron chi connectivity index (χ2n) is 5.78. The van der Waals surface area contributed by atoms with Crippen LogP contribution in [0.5, 0.6) is 0 Å². The van der Waals surface area contributed by atoms with Gasteiger partial charge in [0.05, 0.1) is 16.3 Å². The number of sulfonamides is 1. The van der Waals surface area contributed by atoms with Crippen molar-refractivity contribution in [2.75, 3.05) is 6.54 Å². The Morgan fingerprint density at radius 1 is 1.16 bits per heavy atom. The molecule has 1 N–H and O–H groups in total. The van der Waals surface area contributed by atoms with Crippen LogP contribution in [0.2, 0.25) is 0 Å². The van der Waals surface area contributed by atoms with E-state index in [0.29, 0.717) is 17.9 Å². The van der Waals surface area contributed by atoms with Crippen LogP contribution in [0.4, 0.5) is 0 Å². The molecule has 130 valence electrons. The first-order chi connectivity index (χ1) is 12.0. The van der Waals surface area contributed by atoms with Gasteiger partial charge in [-0.15, -0.1) is 11.3 Å². The predicted octanol–water partition coefficient (Wildman–Crippen LogP) is 3.34. The lowest BCUT2D eigenvalue weighted by Gasteiger charge is -2.09. The molecule has 3 aromatic rings. The quantitative estimate of drug-likeness (QED) is 0.719. The zero-order valence-electron chi connectivity index (χ0n) is 14.1. The zero-order valence-corrected chi connectivity index (χ0v) is 15.7. The van der Waals surface area contributed by atoms with Gasteiger partial charge in [-0.1, -0.05) is 18.2 Å². The van der Waals surface area contributed by atoms with E-state index in [9.17, 15) is 8.42 Å². The molecule has 0 aliphatic heterocycles. The molecule has 5 nitrogen and oxygen atoms in total. The van der Waals surface area contributed by atoms with Crippen molar-refractivity contribution in [3.05, 3.63) is 64.8 Å². The summed E-state index contributed by atoms with van der Waals surface area (Å²) in [6.45, 7) is 3.99. The molecule has 0 radical (unpaired) electrons. The first-order valence-corrected chi connectivity index (χ1v) is 10.2. The van der Waals surface area contributed by atoms with Gasteiger partial charge >= 0.3 is 0 Å². The van der Waals surface area contributed by atoms with Crippen molar-refractivity contribution in [2.45, 2.75) is 25.2 Å². The average Bonchev–Trinajstić information content (AvgIpc) is 3.06. The smallest absolute Gasteiger partial charge is 0.240 e. The summed E-state index contributed by atoms with van der Waals surface area (Å²) in [6, 6.07) is 11.1. The second kappa shape index (κ2) is 7.43. The number of nitrogens with one attached hydrogen (secondary N) is 1. The van der Waals surface area contributed by atoms with Gasteiger partial charge in [-0.3, -0.25) is 4.98 Å². The number of aromatic nitrogens is 2. The Morgan fingerprint density at radius 3 is 2.76 bits per heavy atom. The van der Waals surface area contributed by atoms with E-state index >= 15 is 0 Å². The molecule has 2 aromatic heterocycles. The van der Waals surface area contributed by atoms with Crippen LogP contribution in [-0.4, -0.2) is 24.9 Å². The van der Waals surface area contributed by atoms with Crippen LogP contribution in [0.25, 0.3) is 10.7 Å². The van der Waals surface area contributed by atoms with Crippen LogP contribution in [0.1, 0.15) is 16.8 Å². The minimum absolute atomic E-state index is 0.307. The van der Waals surface area contributed by atoms with E-state index in [1.54, 1.807) is 19.2 Å². The van der Waals surface area contributed by atoms with Crippen LogP contribution in [0.3, 0.4) is 0 Å². The van der Waals surface area contributed by atoms with Gasteiger partial charge in [-0.2, -0.15) is 0 Å². The van der Waals surface area contributed by atoms with Gasteiger partial charge in [0.2, 0.25) is 10.0 Å². The van der Waals surface area contributed by atoms with E-state index in [1.807, 2.05) is 42.6 Å². The van der Waals surface area contributed by atoms with E-state index in [0.717, 1.165) is 27.5 Å². The van der Waals surface area contributed by atoms with Gasteiger partial charge in [0.1, 0.15) is 5.01 Å². The molecule has 3 rings (SSSR count). The minimum Gasteiger partial charge on any atom is -0.254 e. The van der Waals surface area contributed by atoms with E-state index in [-0.39, 0.29) is 0 Å². The average molecular weight is 374 g/mol. The largest absolute Gasteiger partial charge is 0.254 e. The predicted molar refractivity (Wildman–Crippen MR) is 100 cm³/mol. The molecule has 0 fully saturated rings. The lowest BCUT2D eigenvalue weighted by molar-refractivity contribution is 0.580. The molecule has 25 heavy (non-hydrogen) atoms. The van der Waals surface area contributed by atoms with Crippen molar-refractivity contribution in [1.29, 1.82) is 0 Å². The Labute approximate surface area is 151 Å². The molecule has 0 aliphatic carbocycles. The van der Waals surface area contributed by atoms with Crippen LogP contribution in [0, 0.1) is 13.8 Å². The first-order valence-electron chi connectivity index (χ1n) is 7.88. The Bertz CT molecular complexity index is 967. The number of hydrogen-bond donors (Lipinski definition) is 1. The standard InChI is InChI=1S/C18H19N3O2S2/c1-13-6-7-14(2)17(11-13)25(22,23)20-10-8-15-12-24-18(21-15)16-5-3-4-9-19-16/h3-7,9,11-12,20H,8,10H2,1-2H3. The van der Waals surface area contributed by atoms with Crippen molar-refractivity contribution < 1.29 is 8.42 Å². The Hall–Kier alpha value is -2.09. The Balaban J connectivity index is 1.65. The Morgan fingerprint density at radius 2 is 2.00 bits per heavy atom. The molecular formula is C18H19N3O2S2. The lowest BCUT2D eigenvalue weighted by atomic mass is 10.2. The molecule has 0 bridgehead atoms. The van der Waals surface area contributed by atoms with E-state index in [1.165, 1.54) is 11.3 Å². The maximum atomic E-state index is 12.5. The van der Waals surface area contributed by atoms with E-state index < -0.39 is 10.0 Å². The fourth-order valence-corrected chi connectivity index (χ4v) is 4.61. The van der Waals surface area contributed by atoms with Gasteiger partial charge in [0.15, 0.2) is 0 Å². The van der Waals surface area contributed by atoms with Crippen molar-refractivity contribution in [1.82, 2.24) is 14.7 Å². The molecule has 0 amide bonds. The minimum atomic E-state index is -3.52. The van der Waals surface area contributed by atoms with Gasteiger partial charge in [-0.05, 0) is 43.2 Å². The first kappa shape index (κ1) is 17.7. The third kappa shape index (κ3) is 4.31. The summed E-state index contributed by atoms with van der Waals surface area (Å²) in [7, 11) is -3.52. The summed E-state index contributed by atoms with van der Waals surface area (Å²) in [6.07, 6.45) is 2.27. The molecule has 0 saturated heterocycles. The van der Waals surface area contributed by atoms with Gasteiger partial charge in [0, 0.05) is 24.5 Å². The topological polar surface area (TPSA) is 72.0 Å². The van der Waals surface area contributed by atoms with Crippen LogP contribution >= 0.6 is 11.3 Å². The molecule has 0 aliphatic rings. The highest BCUT2D eigenvalue weighted by molar-refractivity contribution is 7.89. The number of pyridine rings is 1. The maximum absolute atomic E-state index is 12.5. The summed E-state index contributed by atoms with van der Waals surface area (Å²) in [5.41, 5.74) is 3.35. The highest BCUT2D eigenvalue weighted by Crippen LogP contribution is 2.21. The fourth-order valence-electron chi connectivity index (χ4n) is 2.42. The highest BCUT2D eigenvalue weighted by Gasteiger charge is 2.16. The van der Waals surface area contributed by atoms with Crippen LogP contribution in [0.15, 0.2) is 52.9 Å². The monoisotopic (exact) mass is 373 g/mol. The van der Waals surface area contributed by atoms with Crippen LogP contribution in [-0.2, 0) is 16.4 Å². The van der Waals surface area contributed by atoms with Crippen molar-refractivity contribution in [3.8, 4) is 10.7 Å². The molecule has 0 saturated carbocycles. The zero-order chi connectivity index (χ0) is 17.9. The number of aryl methyl sites for hydroxylation is 2. The van der Waals surface area contributed by atoms with E-state index in [2.05, 4.69) is 14.7 Å². The summed E-state index contributed by atoms with van der Waals surface area (Å²) >= 11 is 1.51. The van der Waals surface area contributed by atoms with Crippen LogP contribution < -0.4 is 4.72 Å². The van der Waals surface area contributed by atoms with Crippen molar-refractivity contribution in [3.63, 3.8) is 0 Å². The van der Waals surface area contributed by atoms with Crippen molar-refractivity contribution in [2.24, 2.45) is 0 Å². The molecule has 7 heteroatoms. The van der Waals surface area contributed by atoms with Gasteiger partial charge in [-0.25, -0.2) is 18.1 Å². The molecule has 0 unspecified atom stereocenters. The fraction of sp³-hybridized carbons (Fsp3) is 0.222. The molecule has 0 atom stereocenters. The normalized spacial score (nSPS) is 11.6. The van der Waals surface area contributed by atoms with Gasteiger partial charge < -0.3 is 0 Å². The SMILES string of the molecule is Cc1ccc(C)c(S(=O)(=O)NCCc2csc(-c3ccccn3)n2)c1. The summed E-state index contributed by atoms with van der Waals surface area (Å²) in [4.78, 5) is 9.13. The molecule has 1 aromatic carbocycles. The molecular weight excluding hydrogens is 354 g/mol. The van der Waals surface area contributed by atoms with Gasteiger partial charge in [0.25, 0.3) is 0 Å². The third-order valence-electron chi connectivity index (χ3n) is 3.74. The van der Waals surface area contributed by atoms with Crippen molar-refractivity contribution >= 4 is 21.4 Å². The lowest BCUT2D eigenvalue weighted by Crippen LogP contribution is -2.26. The Kier molecular flexibility index (Phi) is 5.27. The molecule has 2 heterocycles. The number of benzene rings is 1. The summed E-state index contributed by atoms with van der Waals surface area (Å²) in [5, 5.41) is 2.78.